The van der Waals surface area contributed by atoms with Crippen LogP contribution in [0.4, 0.5) is 0 Å². The minimum absolute atomic E-state index is 0.259. The molecule has 2 heteroatoms. The maximum absolute atomic E-state index is 9.86. The first kappa shape index (κ1) is 11.2. The highest BCUT2D eigenvalue weighted by molar-refractivity contribution is 5.04. The molecule has 1 aromatic heterocycles. The zero-order valence-corrected chi connectivity index (χ0v) is 8.98. The Balaban J connectivity index is 2.44. The molecule has 1 heterocycles. The van der Waals surface area contributed by atoms with E-state index in [0.717, 1.165) is 18.5 Å². The van der Waals surface area contributed by atoms with Gasteiger partial charge in [-0.05, 0) is 24.5 Å². The van der Waals surface area contributed by atoms with Gasteiger partial charge >= 0.3 is 0 Å². The van der Waals surface area contributed by atoms with E-state index in [9.17, 15) is 5.11 Å². The van der Waals surface area contributed by atoms with Gasteiger partial charge in [0.25, 0.3) is 0 Å². The van der Waals surface area contributed by atoms with Gasteiger partial charge < -0.3 is 5.11 Å². The van der Waals surface area contributed by atoms with Gasteiger partial charge in [0, 0.05) is 18.3 Å². The van der Waals surface area contributed by atoms with Crippen LogP contribution in [0.3, 0.4) is 0 Å². The van der Waals surface area contributed by atoms with Gasteiger partial charge in [0.15, 0.2) is 0 Å². The molecule has 0 radical (unpaired) electrons. The van der Waals surface area contributed by atoms with E-state index in [4.69, 9.17) is 0 Å². The molecule has 0 spiro atoms. The topological polar surface area (TPSA) is 33.1 Å². The molecule has 1 rings (SSSR count). The van der Waals surface area contributed by atoms with Crippen LogP contribution in [0.15, 0.2) is 24.4 Å². The molecule has 0 amide bonds. The Morgan fingerprint density at radius 3 is 2.79 bits per heavy atom. The molecule has 2 unspecified atom stereocenters. The lowest BCUT2D eigenvalue weighted by Crippen LogP contribution is -2.20. The second-order valence-corrected chi connectivity index (χ2v) is 3.86. The monoisotopic (exact) mass is 193 g/mol. The van der Waals surface area contributed by atoms with Gasteiger partial charge in [0.1, 0.15) is 0 Å². The van der Waals surface area contributed by atoms with E-state index < -0.39 is 0 Å². The molecule has 0 saturated carbocycles. The van der Waals surface area contributed by atoms with Gasteiger partial charge in [-0.2, -0.15) is 0 Å². The van der Waals surface area contributed by atoms with Crippen molar-refractivity contribution in [3.63, 3.8) is 0 Å². The van der Waals surface area contributed by atoms with Gasteiger partial charge in [-0.3, -0.25) is 4.98 Å². The minimum Gasteiger partial charge on any atom is -0.392 e. The summed E-state index contributed by atoms with van der Waals surface area (Å²) in [5.74, 6) is 0.363. The van der Waals surface area contributed by atoms with Crippen LogP contribution in [-0.4, -0.2) is 16.2 Å². The summed E-state index contributed by atoms with van der Waals surface area (Å²) in [5, 5.41) is 9.86. The van der Waals surface area contributed by atoms with Crippen molar-refractivity contribution in [3.05, 3.63) is 30.1 Å². The van der Waals surface area contributed by atoms with E-state index in [-0.39, 0.29) is 6.10 Å². The quantitative estimate of drug-likeness (QED) is 0.779. The number of aromatic nitrogens is 1. The Morgan fingerprint density at radius 1 is 1.43 bits per heavy atom. The lowest BCUT2D eigenvalue weighted by atomic mass is 9.96. The fourth-order valence-corrected chi connectivity index (χ4v) is 1.58. The fraction of sp³-hybridized carbons (Fsp3) is 0.583. The van der Waals surface area contributed by atoms with Crippen LogP contribution in [0.2, 0.25) is 0 Å². The number of hydrogen-bond donors (Lipinski definition) is 1. The largest absolute Gasteiger partial charge is 0.392 e. The SMILES string of the molecule is CCCC(C)C(O)Cc1ccccn1. The Labute approximate surface area is 86.0 Å². The van der Waals surface area contributed by atoms with Crippen molar-refractivity contribution in [3.8, 4) is 0 Å². The average Bonchev–Trinajstić information content (AvgIpc) is 2.19. The van der Waals surface area contributed by atoms with Crippen LogP contribution in [0.1, 0.15) is 32.4 Å². The summed E-state index contributed by atoms with van der Waals surface area (Å²) in [6.07, 6.45) is 4.38. The van der Waals surface area contributed by atoms with Gasteiger partial charge in [0.05, 0.1) is 6.10 Å². The first-order valence-corrected chi connectivity index (χ1v) is 5.32. The van der Waals surface area contributed by atoms with Crippen molar-refractivity contribution in [2.45, 2.75) is 39.2 Å². The molecular weight excluding hydrogens is 174 g/mol. The number of pyridine rings is 1. The maximum atomic E-state index is 9.86. The first-order valence-electron chi connectivity index (χ1n) is 5.32. The van der Waals surface area contributed by atoms with Crippen molar-refractivity contribution < 1.29 is 5.11 Å². The van der Waals surface area contributed by atoms with Crippen LogP contribution in [0.25, 0.3) is 0 Å². The lowest BCUT2D eigenvalue weighted by molar-refractivity contribution is 0.111. The summed E-state index contributed by atoms with van der Waals surface area (Å²) in [5.41, 5.74) is 0.975. The molecule has 0 aliphatic carbocycles. The van der Waals surface area contributed by atoms with Gasteiger partial charge in [0.2, 0.25) is 0 Å². The highest BCUT2D eigenvalue weighted by Crippen LogP contribution is 2.13. The summed E-state index contributed by atoms with van der Waals surface area (Å²) in [7, 11) is 0. The van der Waals surface area contributed by atoms with E-state index >= 15 is 0 Å². The zero-order chi connectivity index (χ0) is 10.4. The van der Waals surface area contributed by atoms with Crippen molar-refractivity contribution >= 4 is 0 Å². The molecule has 0 aromatic carbocycles. The summed E-state index contributed by atoms with van der Waals surface area (Å²) in [6, 6.07) is 5.81. The number of rotatable bonds is 5. The first-order chi connectivity index (χ1) is 6.74. The minimum atomic E-state index is -0.259. The second kappa shape index (κ2) is 5.76. The van der Waals surface area contributed by atoms with Crippen LogP contribution in [0, 0.1) is 5.92 Å². The molecule has 2 atom stereocenters. The third-order valence-electron chi connectivity index (χ3n) is 2.55. The predicted molar refractivity (Wildman–Crippen MR) is 58.0 cm³/mol. The van der Waals surface area contributed by atoms with Gasteiger partial charge in [-0.25, -0.2) is 0 Å². The summed E-state index contributed by atoms with van der Waals surface area (Å²) < 4.78 is 0. The Kier molecular flexibility index (Phi) is 4.60. The predicted octanol–water partition coefficient (Wildman–Crippen LogP) is 2.42. The van der Waals surface area contributed by atoms with E-state index in [1.165, 1.54) is 0 Å². The Morgan fingerprint density at radius 2 is 2.21 bits per heavy atom. The molecule has 1 N–H and O–H groups in total. The van der Waals surface area contributed by atoms with Gasteiger partial charge in [-0.15, -0.1) is 0 Å². The molecule has 0 aliphatic rings. The van der Waals surface area contributed by atoms with Crippen molar-refractivity contribution in [2.75, 3.05) is 0 Å². The summed E-state index contributed by atoms with van der Waals surface area (Å²) in [6.45, 7) is 4.24. The number of nitrogens with zero attached hydrogens (tertiary/aromatic N) is 1. The lowest BCUT2D eigenvalue weighted by Gasteiger charge is -2.17. The standard InChI is InChI=1S/C12H19NO/c1-3-6-10(2)12(14)9-11-7-4-5-8-13-11/h4-5,7-8,10,12,14H,3,6,9H2,1-2H3. The van der Waals surface area contributed by atoms with E-state index in [1.807, 2.05) is 18.2 Å². The number of aliphatic hydroxyl groups is 1. The smallest absolute Gasteiger partial charge is 0.0621 e. The van der Waals surface area contributed by atoms with Crippen LogP contribution >= 0.6 is 0 Å². The van der Waals surface area contributed by atoms with E-state index in [2.05, 4.69) is 18.8 Å². The number of hydrogen-bond acceptors (Lipinski definition) is 2. The Bertz CT molecular complexity index is 248. The normalized spacial score (nSPS) is 15.1. The zero-order valence-electron chi connectivity index (χ0n) is 8.98. The molecule has 2 nitrogen and oxygen atoms in total. The average molecular weight is 193 g/mol. The third-order valence-corrected chi connectivity index (χ3v) is 2.55. The van der Waals surface area contributed by atoms with Crippen molar-refractivity contribution in [1.29, 1.82) is 0 Å². The number of aliphatic hydroxyl groups excluding tert-OH is 1. The van der Waals surface area contributed by atoms with E-state index in [1.54, 1.807) is 6.20 Å². The van der Waals surface area contributed by atoms with Gasteiger partial charge in [-0.1, -0.05) is 26.3 Å². The Hall–Kier alpha value is -0.890. The fourth-order valence-electron chi connectivity index (χ4n) is 1.58. The van der Waals surface area contributed by atoms with Crippen LogP contribution in [-0.2, 0) is 6.42 Å². The molecule has 0 saturated heterocycles. The van der Waals surface area contributed by atoms with Crippen LogP contribution in [0.5, 0.6) is 0 Å². The molecule has 1 aromatic rings. The van der Waals surface area contributed by atoms with E-state index in [0.29, 0.717) is 12.3 Å². The molecular formula is C12H19NO. The molecule has 0 bridgehead atoms. The summed E-state index contributed by atoms with van der Waals surface area (Å²) in [4.78, 5) is 4.20. The molecule has 0 aliphatic heterocycles. The molecule has 14 heavy (non-hydrogen) atoms. The van der Waals surface area contributed by atoms with Crippen molar-refractivity contribution in [1.82, 2.24) is 4.98 Å². The highest BCUT2D eigenvalue weighted by atomic mass is 16.3. The third kappa shape index (κ3) is 3.46. The van der Waals surface area contributed by atoms with Crippen LogP contribution < -0.4 is 0 Å². The second-order valence-electron chi connectivity index (χ2n) is 3.86. The maximum Gasteiger partial charge on any atom is 0.0621 e. The molecule has 78 valence electrons. The highest BCUT2D eigenvalue weighted by Gasteiger charge is 2.13. The summed E-state index contributed by atoms with van der Waals surface area (Å²) >= 11 is 0. The molecule has 0 fully saturated rings. The van der Waals surface area contributed by atoms with Crippen molar-refractivity contribution in [2.24, 2.45) is 5.92 Å².